The summed E-state index contributed by atoms with van der Waals surface area (Å²) in [5.74, 6) is 0.577. The second-order valence-electron chi connectivity index (χ2n) is 4.73. The number of alkyl halides is 3. The van der Waals surface area contributed by atoms with Gasteiger partial charge in [0.25, 0.3) is 0 Å². The van der Waals surface area contributed by atoms with Crippen molar-refractivity contribution < 1.29 is 22.6 Å². The van der Waals surface area contributed by atoms with Crippen LogP contribution in [0.25, 0.3) is 0 Å². The van der Waals surface area contributed by atoms with Crippen molar-refractivity contribution in [1.82, 2.24) is 0 Å². The molecule has 0 aliphatic heterocycles. The van der Waals surface area contributed by atoms with Gasteiger partial charge in [0.05, 0.1) is 6.61 Å². The lowest BCUT2D eigenvalue weighted by atomic mass is 10.0. The zero-order chi connectivity index (χ0) is 16.0. The molecule has 1 aromatic carbocycles. The van der Waals surface area contributed by atoms with Crippen LogP contribution in [-0.4, -0.2) is 25.6 Å². The van der Waals surface area contributed by atoms with Crippen molar-refractivity contribution in [1.29, 1.82) is 0 Å². The van der Waals surface area contributed by atoms with E-state index in [-0.39, 0.29) is 12.6 Å². The molecule has 0 aromatic heterocycles. The molecule has 0 spiro atoms. The van der Waals surface area contributed by atoms with Gasteiger partial charge in [-0.3, -0.25) is 4.74 Å². The lowest BCUT2D eigenvalue weighted by Gasteiger charge is -2.17. The second kappa shape index (κ2) is 8.00. The number of ether oxygens (including phenoxy) is 2. The highest BCUT2D eigenvalue weighted by Gasteiger charge is 2.28. The minimum Gasteiger partial charge on any atom is -0.491 e. The van der Waals surface area contributed by atoms with Crippen LogP contribution < -0.4 is 10.5 Å². The fourth-order valence-electron chi connectivity index (χ4n) is 1.89. The first-order valence-electron chi connectivity index (χ1n) is 6.61. The van der Waals surface area contributed by atoms with E-state index in [1.54, 1.807) is 0 Å². The third kappa shape index (κ3) is 6.67. The van der Waals surface area contributed by atoms with Crippen LogP contribution >= 0.6 is 15.9 Å². The molecule has 0 saturated heterocycles. The van der Waals surface area contributed by atoms with Gasteiger partial charge in [0.15, 0.2) is 0 Å². The number of halogens is 4. The Labute approximate surface area is 130 Å². The number of aryl methyl sites for hydroxylation is 1. The zero-order valence-corrected chi connectivity index (χ0v) is 13.6. The van der Waals surface area contributed by atoms with Crippen LogP contribution in [0.15, 0.2) is 16.6 Å². The van der Waals surface area contributed by atoms with Gasteiger partial charge in [-0.25, -0.2) is 0 Å². The van der Waals surface area contributed by atoms with Crippen LogP contribution in [0.2, 0.25) is 0 Å². The molecule has 7 heteroatoms. The van der Waals surface area contributed by atoms with Crippen LogP contribution in [0.3, 0.4) is 0 Å². The molecule has 1 atom stereocenters. The Hall–Kier alpha value is -0.790. The maximum absolute atomic E-state index is 11.9. The molecule has 0 aliphatic rings. The quantitative estimate of drug-likeness (QED) is 0.740. The first-order valence-corrected chi connectivity index (χ1v) is 7.40. The van der Waals surface area contributed by atoms with Gasteiger partial charge in [0.1, 0.15) is 12.4 Å². The molecule has 1 rings (SSSR count). The summed E-state index contributed by atoms with van der Waals surface area (Å²) in [6, 6.07) is 3.70. The largest absolute Gasteiger partial charge is 0.522 e. The molecule has 0 radical (unpaired) electrons. The van der Waals surface area contributed by atoms with Gasteiger partial charge in [-0.15, -0.1) is 13.2 Å². The predicted octanol–water partition coefficient (Wildman–Crippen LogP) is 3.95. The fraction of sp³-hybridized carbons (Fsp3) is 0.571. The summed E-state index contributed by atoms with van der Waals surface area (Å²) < 4.78 is 45.8. The lowest BCUT2D eigenvalue weighted by Crippen LogP contribution is -2.22. The Bertz CT molecular complexity index is 466. The minimum absolute atomic E-state index is 0.0209. The van der Waals surface area contributed by atoms with E-state index in [0.717, 1.165) is 22.0 Å². The van der Waals surface area contributed by atoms with E-state index in [4.69, 9.17) is 10.5 Å². The van der Waals surface area contributed by atoms with E-state index in [1.165, 1.54) is 0 Å². The van der Waals surface area contributed by atoms with Gasteiger partial charge in [-0.2, -0.15) is 0 Å². The molecule has 1 unspecified atom stereocenters. The first-order chi connectivity index (χ1) is 9.73. The standard InChI is InChI=1S/C14H19BrF3NO2/c1-3-12(19)8-10-7-11(15)6-9(2)13(10)20-4-5-21-14(16,17)18/h6-7,12H,3-5,8,19H2,1-2H3. The fourth-order valence-corrected chi connectivity index (χ4v) is 2.51. The summed E-state index contributed by atoms with van der Waals surface area (Å²) in [6.45, 7) is 3.10. The summed E-state index contributed by atoms with van der Waals surface area (Å²) >= 11 is 3.40. The Kier molecular flexibility index (Phi) is 6.96. The van der Waals surface area contributed by atoms with Gasteiger partial charge in [-0.05, 0) is 43.0 Å². The number of hydrogen-bond donors (Lipinski definition) is 1. The molecular weight excluding hydrogens is 351 g/mol. The third-order valence-corrected chi connectivity index (χ3v) is 3.38. The topological polar surface area (TPSA) is 44.5 Å². The summed E-state index contributed by atoms with van der Waals surface area (Å²) in [7, 11) is 0. The molecule has 0 heterocycles. The molecule has 0 bridgehead atoms. The Morgan fingerprint density at radius 1 is 1.29 bits per heavy atom. The van der Waals surface area contributed by atoms with Gasteiger partial charge >= 0.3 is 6.36 Å². The van der Waals surface area contributed by atoms with Crippen molar-refractivity contribution >= 4 is 15.9 Å². The smallest absolute Gasteiger partial charge is 0.491 e. The number of hydrogen-bond acceptors (Lipinski definition) is 3. The van der Waals surface area contributed by atoms with Crippen LogP contribution in [0.4, 0.5) is 13.2 Å². The van der Waals surface area contributed by atoms with E-state index >= 15 is 0 Å². The van der Waals surface area contributed by atoms with Crippen LogP contribution in [0, 0.1) is 6.92 Å². The highest BCUT2D eigenvalue weighted by atomic mass is 79.9. The van der Waals surface area contributed by atoms with Crippen molar-refractivity contribution in [3.8, 4) is 5.75 Å². The molecule has 0 amide bonds. The number of rotatable bonds is 7. The third-order valence-electron chi connectivity index (χ3n) is 2.92. The average Bonchev–Trinajstić information content (AvgIpc) is 2.35. The van der Waals surface area contributed by atoms with E-state index in [9.17, 15) is 13.2 Å². The Morgan fingerprint density at radius 2 is 1.95 bits per heavy atom. The van der Waals surface area contributed by atoms with Crippen LogP contribution in [0.1, 0.15) is 24.5 Å². The van der Waals surface area contributed by atoms with Crippen molar-refractivity contribution in [3.63, 3.8) is 0 Å². The number of nitrogens with two attached hydrogens (primary N) is 1. The van der Waals surface area contributed by atoms with Crippen LogP contribution in [0.5, 0.6) is 5.75 Å². The van der Waals surface area contributed by atoms with Gasteiger partial charge in [0.2, 0.25) is 0 Å². The molecule has 1 aromatic rings. The van der Waals surface area contributed by atoms with Gasteiger partial charge in [-0.1, -0.05) is 22.9 Å². The monoisotopic (exact) mass is 369 g/mol. The lowest BCUT2D eigenvalue weighted by molar-refractivity contribution is -0.325. The Balaban J connectivity index is 2.75. The molecular formula is C14H19BrF3NO2. The molecule has 21 heavy (non-hydrogen) atoms. The van der Waals surface area contributed by atoms with Crippen molar-refractivity contribution in [2.45, 2.75) is 39.1 Å². The average molecular weight is 370 g/mol. The number of benzene rings is 1. The Morgan fingerprint density at radius 3 is 2.52 bits per heavy atom. The predicted molar refractivity (Wildman–Crippen MR) is 78.4 cm³/mol. The normalized spacial score (nSPS) is 13.3. The SMILES string of the molecule is CCC(N)Cc1cc(Br)cc(C)c1OCCOC(F)(F)F. The summed E-state index contributed by atoms with van der Waals surface area (Å²) in [4.78, 5) is 0. The highest BCUT2D eigenvalue weighted by molar-refractivity contribution is 9.10. The molecule has 0 fully saturated rings. The molecule has 3 nitrogen and oxygen atoms in total. The molecule has 0 saturated carbocycles. The van der Waals surface area contributed by atoms with E-state index in [2.05, 4.69) is 20.7 Å². The molecule has 120 valence electrons. The second-order valence-corrected chi connectivity index (χ2v) is 5.64. The van der Waals surface area contributed by atoms with Gasteiger partial charge in [0, 0.05) is 10.5 Å². The maximum Gasteiger partial charge on any atom is 0.522 e. The van der Waals surface area contributed by atoms with E-state index in [0.29, 0.717) is 12.2 Å². The summed E-state index contributed by atoms with van der Waals surface area (Å²) in [5, 5.41) is 0. The summed E-state index contributed by atoms with van der Waals surface area (Å²) in [5.41, 5.74) is 7.66. The highest BCUT2D eigenvalue weighted by Crippen LogP contribution is 2.29. The minimum atomic E-state index is -4.63. The van der Waals surface area contributed by atoms with Crippen molar-refractivity contribution in [2.24, 2.45) is 5.73 Å². The first kappa shape index (κ1) is 18.3. The van der Waals surface area contributed by atoms with Gasteiger partial charge < -0.3 is 10.5 Å². The summed E-state index contributed by atoms with van der Waals surface area (Å²) in [6.07, 6.45) is -3.22. The van der Waals surface area contributed by atoms with Crippen molar-refractivity contribution in [3.05, 3.63) is 27.7 Å². The van der Waals surface area contributed by atoms with Crippen LogP contribution in [-0.2, 0) is 11.2 Å². The zero-order valence-electron chi connectivity index (χ0n) is 12.0. The van der Waals surface area contributed by atoms with E-state index < -0.39 is 13.0 Å². The maximum atomic E-state index is 11.9. The molecule has 2 N–H and O–H groups in total. The van der Waals surface area contributed by atoms with Crippen molar-refractivity contribution in [2.75, 3.05) is 13.2 Å². The van der Waals surface area contributed by atoms with E-state index in [1.807, 2.05) is 26.0 Å². The molecule has 0 aliphatic carbocycles.